The average molecular weight is 262 g/mol. The van der Waals surface area contributed by atoms with E-state index in [1.807, 2.05) is 6.20 Å². The van der Waals surface area contributed by atoms with E-state index < -0.39 is 0 Å². The van der Waals surface area contributed by atoms with Gasteiger partial charge in [0.2, 0.25) is 0 Å². The van der Waals surface area contributed by atoms with Gasteiger partial charge in [0.05, 0.1) is 11.7 Å². The number of rotatable bonds is 5. The van der Waals surface area contributed by atoms with Gasteiger partial charge in [0.1, 0.15) is 0 Å². The van der Waals surface area contributed by atoms with Gasteiger partial charge >= 0.3 is 0 Å². The van der Waals surface area contributed by atoms with Crippen molar-refractivity contribution in [3.8, 4) is 0 Å². The molecule has 0 bridgehead atoms. The maximum absolute atomic E-state index is 4.21. The van der Waals surface area contributed by atoms with Crippen LogP contribution < -0.4 is 0 Å². The first-order valence-electron chi connectivity index (χ1n) is 6.89. The third-order valence-corrected chi connectivity index (χ3v) is 3.80. The largest absolute Gasteiger partial charge is 0.278 e. The van der Waals surface area contributed by atoms with Crippen molar-refractivity contribution >= 4 is 16.5 Å². The van der Waals surface area contributed by atoms with Gasteiger partial charge in [-0.3, -0.25) is 5.10 Å². The quantitative estimate of drug-likeness (QED) is 0.823. The normalized spacial score (nSPS) is 13.7. The number of aromatic nitrogens is 2. The highest BCUT2D eigenvalue weighted by molar-refractivity contribution is 5.82. The Morgan fingerprint density at radius 1 is 1.20 bits per heavy atom. The zero-order chi connectivity index (χ0) is 13.9. The van der Waals surface area contributed by atoms with Crippen molar-refractivity contribution in [2.75, 3.05) is 0 Å². The van der Waals surface area contributed by atoms with E-state index in [-0.39, 0.29) is 0 Å². The zero-order valence-electron chi connectivity index (χ0n) is 11.5. The van der Waals surface area contributed by atoms with Crippen molar-refractivity contribution in [2.45, 2.75) is 19.3 Å². The van der Waals surface area contributed by atoms with Gasteiger partial charge in [-0.2, -0.15) is 5.10 Å². The maximum Gasteiger partial charge on any atom is 0.0650 e. The average Bonchev–Trinajstić information content (AvgIpc) is 3.13. The van der Waals surface area contributed by atoms with Crippen LogP contribution in [0, 0.1) is 0 Å². The lowest BCUT2D eigenvalue weighted by Gasteiger charge is -2.09. The smallest absolute Gasteiger partial charge is 0.0650 e. The van der Waals surface area contributed by atoms with Gasteiger partial charge in [0.25, 0.3) is 0 Å². The SMILES string of the molecule is C=C(CCC(=C)c1ccc2[nH]ncc2c1)C1=CC=CC1. The molecule has 2 nitrogen and oxygen atoms in total. The van der Waals surface area contributed by atoms with Crippen molar-refractivity contribution in [1.29, 1.82) is 0 Å². The van der Waals surface area contributed by atoms with Gasteiger partial charge in [-0.1, -0.05) is 43.0 Å². The molecule has 1 aliphatic carbocycles. The Morgan fingerprint density at radius 3 is 2.85 bits per heavy atom. The molecule has 1 aromatic heterocycles. The van der Waals surface area contributed by atoms with Crippen LogP contribution in [0.4, 0.5) is 0 Å². The lowest BCUT2D eigenvalue weighted by atomic mass is 9.96. The summed E-state index contributed by atoms with van der Waals surface area (Å²) in [4.78, 5) is 0. The molecule has 1 N–H and O–H groups in total. The molecule has 0 aliphatic heterocycles. The molecule has 0 saturated heterocycles. The molecule has 0 fully saturated rings. The summed E-state index contributed by atoms with van der Waals surface area (Å²) in [6, 6.07) is 6.30. The van der Waals surface area contributed by atoms with E-state index in [4.69, 9.17) is 0 Å². The summed E-state index contributed by atoms with van der Waals surface area (Å²) in [5, 5.41) is 8.14. The number of aromatic amines is 1. The summed E-state index contributed by atoms with van der Waals surface area (Å²) in [6.45, 7) is 8.39. The molecule has 100 valence electrons. The Labute approximate surface area is 119 Å². The number of hydrogen-bond acceptors (Lipinski definition) is 1. The van der Waals surface area contributed by atoms with Crippen molar-refractivity contribution in [1.82, 2.24) is 10.2 Å². The molecule has 20 heavy (non-hydrogen) atoms. The Kier molecular flexibility index (Phi) is 3.38. The molecule has 0 atom stereocenters. The molecular weight excluding hydrogens is 244 g/mol. The lowest BCUT2D eigenvalue weighted by molar-refractivity contribution is 0.994. The maximum atomic E-state index is 4.21. The second kappa shape index (κ2) is 5.33. The highest BCUT2D eigenvalue weighted by Crippen LogP contribution is 2.27. The van der Waals surface area contributed by atoms with E-state index >= 15 is 0 Å². The molecule has 3 rings (SSSR count). The molecule has 1 heterocycles. The number of nitrogens with zero attached hydrogens (tertiary/aromatic N) is 1. The van der Waals surface area contributed by atoms with Crippen molar-refractivity contribution in [3.63, 3.8) is 0 Å². The van der Waals surface area contributed by atoms with Crippen LogP contribution >= 0.6 is 0 Å². The predicted molar refractivity (Wildman–Crippen MR) is 85.3 cm³/mol. The monoisotopic (exact) mass is 262 g/mol. The minimum absolute atomic E-state index is 0.944. The van der Waals surface area contributed by atoms with Gasteiger partial charge in [0, 0.05) is 5.39 Å². The number of H-pyrrole nitrogens is 1. The standard InChI is InChI=1S/C18H18N2/c1-13(15-5-3-4-6-15)7-8-14(2)16-9-10-18-17(11-16)12-19-20-18/h3-5,9-12H,1-2,6-8H2,(H,19,20). The van der Waals surface area contributed by atoms with Crippen LogP contribution in [0.15, 0.2) is 66.9 Å². The number of nitrogens with one attached hydrogen (secondary N) is 1. The van der Waals surface area contributed by atoms with E-state index in [0.29, 0.717) is 0 Å². The molecule has 0 spiro atoms. The highest BCUT2D eigenvalue weighted by Gasteiger charge is 2.07. The Balaban J connectivity index is 1.65. The molecule has 0 unspecified atom stereocenters. The molecule has 0 amide bonds. The number of hydrogen-bond donors (Lipinski definition) is 1. The summed E-state index contributed by atoms with van der Waals surface area (Å²) < 4.78 is 0. The second-order valence-corrected chi connectivity index (χ2v) is 5.20. The summed E-state index contributed by atoms with van der Waals surface area (Å²) in [5.41, 5.74) is 5.97. The van der Waals surface area contributed by atoms with E-state index in [2.05, 4.69) is 59.8 Å². The van der Waals surface area contributed by atoms with Crippen LogP contribution in [-0.2, 0) is 0 Å². The second-order valence-electron chi connectivity index (χ2n) is 5.20. The molecule has 1 aliphatic rings. The third kappa shape index (κ3) is 2.50. The summed E-state index contributed by atoms with van der Waals surface area (Å²) >= 11 is 0. The summed E-state index contributed by atoms with van der Waals surface area (Å²) in [6.07, 6.45) is 11.2. The van der Waals surface area contributed by atoms with Gasteiger partial charge in [-0.25, -0.2) is 0 Å². The van der Waals surface area contributed by atoms with Crippen molar-refractivity contribution < 1.29 is 0 Å². The molecule has 0 radical (unpaired) electrons. The van der Waals surface area contributed by atoms with E-state index in [0.717, 1.165) is 35.7 Å². The Morgan fingerprint density at radius 2 is 2.05 bits per heavy atom. The first-order valence-corrected chi connectivity index (χ1v) is 6.89. The lowest BCUT2D eigenvalue weighted by Crippen LogP contribution is -1.89. The fraction of sp³-hybridized carbons (Fsp3) is 0.167. The minimum atomic E-state index is 0.944. The van der Waals surface area contributed by atoms with Gasteiger partial charge in [-0.05, 0) is 48.1 Å². The first-order chi connectivity index (χ1) is 9.74. The van der Waals surface area contributed by atoms with Crippen LogP contribution in [-0.4, -0.2) is 10.2 Å². The van der Waals surface area contributed by atoms with Crippen LogP contribution in [0.3, 0.4) is 0 Å². The highest BCUT2D eigenvalue weighted by atomic mass is 15.1. The van der Waals surface area contributed by atoms with Crippen molar-refractivity contribution in [2.24, 2.45) is 0 Å². The van der Waals surface area contributed by atoms with E-state index in [1.54, 1.807) is 0 Å². The molecule has 2 heteroatoms. The van der Waals surface area contributed by atoms with Crippen LogP contribution in [0.25, 0.3) is 16.5 Å². The van der Waals surface area contributed by atoms with E-state index in [9.17, 15) is 0 Å². The number of benzene rings is 1. The molecular formula is C18H18N2. The van der Waals surface area contributed by atoms with Gasteiger partial charge in [0.15, 0.2) is 0 Å². The van der Waals surface area contributed by atoms with Crippen LogP contribution in [0.1, 0.15) is 24.8 Å². The van der Waals surface area contributed by atoms with E-state index in [1.165, 1.54) is 16.7 Å². The fourth-order valence-electron chi connectivity index (χ4n) is 2.48. The Hall–Kier alpha value is -2.35. The zero-order valence-corrected chi connectivity index (χ0v) is 11.5. The topological polar surface area (TPSA) is 28.7 Å². The molecule has 2 aromatic rings. The third-order valence-electron chi connectivity index (χ3n) is 3.80. The van der Waals surface area contributed by atoms with Crippen LogP contribution in [0.5, 0.6) is 0 Å². The predicted octanol–water partition coefficient (Wildman–Crippen LogP) is 4.80. The number of allylic oxidation sites excluding steroid dienone is 6. The number of fused-ring (bicyclic) bond motifs is 1. The van der Waals surface area contributed by atoms with Crippen molar-refractivity contribution in [3.05, 3.63) is 72.5 Å². The molecule has 1 aromatic carbocycles. The molecule has 0 saturated carbocycles. The summed E-state index contributed by atoms with van der Waals surface area (Å²) in [5.74, 6) is 0. The van der Waals surface area contributed by atoms with Gasteiger partial charge < -0.3 is 0 Å². The Bertz CT molecular complexity index is 729. The summed E-state index contributed by atoms with van der Waals surface area (Å²) in [7, 11) is 0. The minimum Gasteiger partial charge on any atom is -0.278 e. The van der Waals surface area contributed by atoms with Gasteiger partial charge in [-0.15, -0.1) is 0 Å². The fourth-order valence-corrected chi connectivity index (χ4v) is 2.48. The van der Waals surface area contributed by atoms with Crippen LogP contribution in [0.2, 0.25) is 0 Å². The first kappa shape index (κ1) is 12.7.